The van der Waals surface area contributed by atoms with Gasteiger partial charge in [-0.1, -0.05) is 0 Å². The van der Waals surface area contributed by atoms with E-state index in [1.165, 1.54) is 10.8 Å². The molecule has 2 rings (SSSR count). The average Bonchev–Trinajstić information content (AvgIpc) is 2.77. The van der Waals surface area contributed by atoms with Crippen molar-refractivity contribution in [1.82, 2.24) is 0 Å². The largest absolute Gasteiger partial charge is 0.744 e. The highest BCUT2D eigenvalue weighted by molar-refractivity contribution is 7.86. The Morgan fingerprint density at radius 2 is 1.71 bits per heavy atom. The molecule has 13 heteroatoms. The minimum Gasteiger partial charge on any atom is -0.744 e. The maximum atomic E-state index is 11.4. The highest BCUT2D eigenvalue weighted by atomic mass is 32.2. The first-order chi connectivity index (χ1) is 10.8. The van der Waals surface area contributed by atoms with Gasteiger partial charge in [-0.2, -0.15) is 16.8 Å². The van der Waals surface area contributed by atoms with E-state index in [0.29, 0.717) is 6.07 Å². The molecule has 0 aromatic heterocycles. The minimum absolute atomic E-state index is 0.0134. The summed E-state index contributed by atoms with van der Waals surface area (Å²) >= 11 is 0. The third kappa shape index (κ3) is 4.37. The fourth-order valence-electron chi connectivity index (χ4n) is 2.38. The highest BCUT2D eigenvalue weighted by Gasteiger charge is 2.31. The average molecular weight is 399 g/mol. The lowest BCUT2D eigenvalue weighted by molar-refractivity contribution is -0.435. The van der Waals surface area contributed by atoms with Crippen molar-refractivity contribution in [3.05, 3.63) is 17.7 Å². The summed E-state index contributed by atoms with van der Waals surface area (Å²) in [5.74, 6) is -0.560. The van der Waals surface area contributed by atoms with Crippen LogP contribution in [0.1, 0.15) is 12.0 Å². The van der Waals surface area contributed by atoms with E-state index in [0.717, 1.165) is 6.07 Å². The third-order valence-corrected chi connectivity index (χ3v) is 5.80. The normalized spacial score (nSPS) is 15.2. The molecule has 0 amide bonds. The van der Waals surface area contributed by atoms with E-state index in [9.17, 15) is 29.8 Å². The molecule has 10 nitrogen and oxygen atoms in total. The van der Waals surface area contributed by atoms with Crippen LogP contribution in [-0.2, 0) is 36.8 Å². The third-order valence-electron chi connectivity index (χ3n) is 3.31. The van der Waals surface area contributed by atoms with Gasteiger partial charge in [0.15, 0.2) is 6.21 Å². The van der Waals surface area contributed by atoms with Crippen LogP contribution in [0, 0.1) is 0 Å². The van der Waals surface area contributed by atoms with Crippen LogP contribution in [0.25, 0.3) is 0 Å². The molecule has 0 unspecified atom stereocenters. The zero-order valence-corrected chi connectivity index (χ0v) is 14.4. The molecular formula is C11H13NO9S3. The summed E-state index contributed by atoms with van der Waals surface area (Å²) in [4.78, 5) is -1.54. The summed E-state index contributed by atoms with van der Waals surface area (Å²) in [6.45, 7) is -0.0134. The van der Waals surface area contributed by atoms with Gasteiger partial charge in [-0.05, 0) is 12.1 Å². The monoisotopic (exact) mass is 399 g/mol. The summed E-state index contributed by atoms with van der Waals surface area (Å²) in [6, 6.07) is 1.60. The topological polar surface area (TPSA) is 169 Å². The molecule has 0 spiro atoms. The van der Waals surface area contributed by atoms with Crippen molar-refractivity contribution in [2.24, 2.45) is 0 Å². The lowest BCUT2D eigenvalue weighted by atomic mass is 10.1. The summed E-state index contributed by atoms with van der Waals surface area (Å²) in [5.41, 5.74) is 0.124. The first-order valence-electron chi connectivity index (χ1n) is 6.44. The number of hydrogen-bond donors (Lipinski definition) is 2. The van der Waals surface area contributed by atoms with Gasteiger partial charge in [-0.3, -0.25) is 9.11 Å². The number of hydrogen-bond acceptors (Lipinski definition) is 7. The molecule has 1 aliphatic rings. The maximum absolute atomic E-state index is 11.4. The summed E-state index contributed by atoms with van der Waals surface area (Å²) < 4.78 is 97.3. The smallest absolute Gasteiger partial charge is 0.294 e. The van der Waals surface area contributed by atoms with E-state index in [-0.39, 0.29) is 30.6 Å². The Labute approximate surface area is 138 Å². The zero-order chi connectivity index (χ0) is 18.3. The second-order valence-corrected chi connectivity index (χ2v) is 9.42. The standard InChI is InChI=1S/C11H13NO9S3/c13-22(14,15)5-1-3-12-4-2-8-6-9(23(16,17)18)7-10(11(8)12)24(19,20)21/h4,6-7H,1-3,5H2,(H2-,13,14,15,16,17,18,19,20,21). The highest BCUT2D eigenvalue weighted by Crippen LogP contribution is 2.34. The molecule has 0 atom stereocenters. The first kappa shape index (κ1) is 19.0. The second-order valence-electron chi connectivity index (χ2n) is 5.08. The summed E-state index contributed by atoms with van der Waals surface area (Å²) in [6.07, 6.45) is 1.50. The Bertz CT molecular complexity index is 1020. The molecule has 1 aromatic carbocycles. The van der Waals surface area contributed by atoms with Crippen molar-refractivity contribution in [3.63, 3.8) is 0 Å². The van der Waals surface area contributed by atoms with Gasteiger partial charge < -0.3 is 4.55 Å². The fraction of sp³-hybridized carbons (Fsp3) is 0.364. The molecule has 134 valence electrons. The molecule has 0 aliphatic carbocycles. The van der Waals surface area contributed by atoms with Crippen LogP contribution in [0.5, 0.6) is 0 Å². The minimum atomic E-state index is -5.05. The van der Waals surface area contributed by atoms with Gasteiger partial charge in [0.25, 0.3) is 20.2 Å². The number of nitrogens with zero attached hydrogens (tertiary/aromatic N) is 1. The van der Waals surface area contributed by atoms with Crippen LogP contribution in [0.3, 0.4) is 0 Å². The molecule has 0 saturated carbocycles. The van der Waals surface area contributed by atoms with Crippen LogP contribution in [0.4, 0.5) is 5.69 Å². The van der Waals surface area contributed by atoms with E-state index >= 15 is 0 Å². The van der Waals surface area contributed by atoms with Crippen molar-refractivity contribution in [2.45, 2.75) is 22.6 Å². The van der Waals surface area contributed by atoms with E-state index in [4.69, 9.17) is 9.11 Å². The van der Waals surface area contributed by atoms with Crippen molar-refractivity contribution < 1.29 is 43.5 Å². The van der Waals surface area contributed by atoms with Crippen LogP contribution in [0.15, 0.2) is 21.9 Å². The molecule has 1 heterocycles. The van der Waals surface area contributed by atoms with E-state index < -0.39 is 45.9 Å². The molecular weight excluding hydrogens is 386 g/mol. The van der Waals surface area contributed by atoms with Gasteiger partial charge in [0.2, 0.25) is 5.69 Å². The maximum Gasteiger partial charge on any atom is 0.294 e. The Kier molecular flexibility index (Phi) is 4.87. The molecule has 0 fully saturated rings. The molecule has 24 heavy (non-hydrogen) atoms. The molecule has 0 saturated heterocycles. The second kappa shape index (κ2) is 6.16. The molecule has 0 radical (unpaired) electrons. The quantitative estimate of drug-likeness (QED) is 0.468. The predicted octanol–water partition coefficient (Wildman–Crippen LogP) is -0.614. The van der Waals surface area contributed by atoms with Crippen molar-refractivity contribution in [1.29, 1.82) is 0 Å². The van der Waals surface area contributed by atoms with Gasteiger partial charge in [-0.25, -0.2) is 13.0 Å². The predicted molar refractivity (Wildman–Crippen MR) is 79.8 cm³/mol. The summed E-state index contributed by atoms with van der Waals surface area (Å²) in [5, 5.41) is 0. The van der Waals surface area contributed by atoms with Gasteiger partial charge in [0.05, 0.1) is 17.1 Å². The van der Waals surface area contributed by atoms with E-state index in [2.05, 4.69) is 0 Å². The van der Waals surface area contributed by atoms with Crippen LogP contribution < -0.4 is 0 Å². The van der Waals surface area contributed by atoms with Gasteiger partial charge in [-0.15, -0.1) is 0 Å². The van der Waals surface area contributed by atoms with Crippen molar-refractivity contribution in [2.75, 3.05) is 12.3 Å². The Morgan fingerprint density at radius 3 is 2.21 bits per heavy atom. The molecule has 2 N–H and O–H groups in total. The Morgan fingerprint density at radius 1 is 1.08 bits per heavy atom. The Hall–Kier alpha value is -1.38. The van der Waals surface area contributed by atoms with E-state index in [1.807, 2.05) is 0 Å². The molecule has 1 aliphatic heterocycles. The van der Waals surface area contributed by atoms with Gasteiger partial charge >= 0.3 is 0 Å². The lowest BCUT2D eigenvalue weighted by Gasteiger charge is -2.12. The fourth-order valence-corrected chi connectivity index (χ4v) is 4.26. The molecule has 0 bridgehead atoms. The molecule has 1 aromatic rings. The van der Waals surface area contributed by atoms with Crippen LogP contribution >= 0.6 is 0 Å². The van der Waals surface area contributed by atoms with Gasteiger partial charge in [0, 0.05) is 12.0 Å². The SMILES string of the molecule is O=S(=O)(O)CCC[N+]1=CCc2cc(S(=O)(=O)O)cc(S(=O)(=O)[O-])c21. The first-order valence-corrected chi connectivity index (χ1v) is 10.9. The number of rotatable bonds is 6. The lowest BCUT2D eigenvalue weighted by Crippen LogP contribution is -2.14. The Balaban J connectivity index is 2.49. The van der Waals surface area contributed by atoms with Gasteiger partial charge in [0.1, 0.15) is 21.6 Å². The van der Waals surface area contributed by atoms with Crippen LogP contribution in [0.2, 0.25) is 0 Å². The van der Waals surface area contributed by atoms with Crippen molar-refractivity contribution >= 4 is 42.3 Å². The number of fused-ring (bicyclic) bond motifs is 1. The van der Waals surface area contributed by atoms with Crippen LogP contribution in [-0.4, -0.2) is 62.0 Å². The van der Waals surface area contributed by atoms with Crippen molar-refractivity contribution in [3.8, 4) is 0 Å². The number of benzene rings is 1. The van der Waals surface area contributed by atoms with E-state index in [1.54, 1.807) is 0 Å². The zero-order valence-electron chi connectivity index (χ0n) is 12.0. The summed E-state index contributed by atoms with van der Waals surface area (Å²) in [7, 11) is -14.0.